The second-order valence-electron chi connectivity index (χ2n) is 8.70. The van der Waals surface area contributed by atoms with Crippen LogP contribution < -0.4 is 10.6 Å². The lowest BCUT2D eigenvalue weighted by molar-refractivity contribution is 0.313. The van der Waals surface area contributed by atoms with Gasteiger partial charge in [0.1, 0.15) is 5.52 Å². The Hall–Kier alpha value is -2.47. The number of hydrogen-bond donors (Lipinski definition) is 1. The van der Waals surface area contributed by atoms with Gasteiger partial charge in [-0.1, -0.05) is 6.07 Å². The molecule has 2 aromatic rings. The molecule has 6 heteroatoms. The van der Waals surface area contributed by atoms with Crippen molar-refractivity contribution >= 4 is 28.5 Å². The van der Waals surface area contributed by atoms with Crippen molar-refractivity contribution in [3.8, 4) is 0 Å². The van der Waals surface area contributed by atoms with E-state index in [0.717, 1.165) is 54.2 Å². The van der Waals surface area contributed by atoms with Crippen LogP contribution in [-0.2, 0) is 0 Å². The maximum atomic E-state index is 6.51. The standard InChI is InChI=1S/C23H30N6/c1-28-10-12-29(13-11-28)21-7-3-6-19-23(21)26-15-20(27-19)18(22(24)16-8-9-16)14-25-17-4-2-5-17/h3,6-7,14-17H,2,4-5,8-13,24H2,1H3. The molecule has 29 heavy (non-hydrogen) atoms. The van der Waals surface area contributed by atoms with Gasteiger partial charge in [-0.15, -0.1) is 0 Å². The minimum Gasteiger partial charge on any atom is -0.401 e. The first-order chi connectivity index (χ1) is 14.2. The number of piperazine rings is 1. The molecule has 1 saturated heterocycles. The maximum absolute atomic E-state index is 6.51. The molecule has 1 aliphatic heterocycles. The van der Waals surface area contributed by atoms with E-state index < -0.39 is 0 Å². The van der Waals surface area contributed by atoms with Gasteiger partial charge in [0.05, 0.1) is 23.1 Å². The lowest BCUT2D eigenvalue weighted by Crippen LogP contribution is -2.44. The van der Waals surface area contributed by atoms with Crippen LogP contribution in [-0.4, -0.2) is 60.4 Å². The number of aliphatic imine (C=N–C) groups is 1. The molecule has 2 heterocycles. The quantitative estimate of drug-likeness (QED) is 0.795. The van der Waals surface area contributed by atoms with Crippen molar-refractivity contribution in [3.63, 3.8) is 0 Å². The molecule has 0 bridgehead atoms. The Labute approximate surface area is 172 Å². The van der Waals surface area contributed by atoms with Crippen LogP contribution in [0.4, 0.5) is 5.69 Å². The van der Waals surface area contributed by atoms with E-state index in [2.05, 4.69) is 35.0 Å². The highest BCUT2D eigenvalue weighted by Crippen LogP contribution is 2.37. The van der Waals surface area contributed by atoms with Crippen LogP contribution >= 0.6 is 0 Å². The fraction of sp³-hybridized carbons (Fsp3) is 0.522. The number of para-hydroxylation sites is 1. The van der Waals surface area contributed by atoms with E-state index in [0.29, 0.717) is 12.0 Å². The molecule has 152 valence electrons. The molecule has 3 aliphatic rings. The van der Waals surface area contributed by atoms with Gasteiger partial charge < -0.3 is 15.5 Å². The van der Waals surface area contributed by atoms with E-state index >= 15 is 0 Å². The Kier molecular flexibility index (Phi) is 4.96. The molecule has 0 unspecified atom stereocenters. The smallest absolute Gasteiger partial charge is 0.112 e. The van der Waals surface area contributed by atoms with Gasteiger partial charge in [0.25, 0.3) is 0 Å². The summed E-state index contributed by atoms with van der Waals surface area (Å²) in [7, 11) is 2.18. The third-order valence-electron chi connectivity index (χ3n) is 6.49. The third kappa shape index (κ3) is 3.86. The van der Waals surface area contributed by atoms with Gasteiger partial charge in [0, 0.05) is 49.7 Å². The Morgan fingerprint density at radius 2 is 1.93 bits per heavy atom. The number of nitrogens with two attached hydrogens (primary N) is 1. The molecule has 5 rings (SSSR count). The number of fused-ring (bicyclic) bond motifs is 1. The van der Waals surface area contributed by atoms with E-state index in [1.807, 2.05) is 12.4 Å². The molecule has 2 N–H and O–H groups in total. The zero-order valence-corrected chi connectivity index (χ0v) is 17.2. The average Bonchev–Trinajstić information content (AvgIpc) is 3.55. The fourth-order valence-corrected chi connectivity index (χ4v) is 4.08. The van der Waals surface area contributed by atoms with Crippen LogP contribution in [0.2, 0.25) is 0 Å². The van der Waals surface area contributed by atoms with Crippen LogP contribution in [0.3, 0.4) is 0 Å². The van der Waals surface area contributed by atoms with Crippen molar-refractivity contribution in [3.05, 3.63) is 35.8 Å². The molecule has 6 nitrogen and oxygen atoms in total. The number of likely N-dealkylation sites (N-methyl/N-ethyl adjacent to an activating group) is 1. The summed E-state index contributed by atoms with van der Waals surface area (Å²) in [6.07, 6.45) is 9.85. The maximum Gasteiger partial charge on any atom is 0.112 e. The van der Waals surface area contributed by atoms with Crippen LogP contribution in [0.15, 0.2) is 35.1 Å². The minimum absolute atomic E-state index is 0.453. The van der Waals surface area contributed by atoms with E-state index in [4.69, 9.17) is 20.7 Å². The van der Waals surface area contributed by atoms with Gasteiger partial charge in [-0.05, 0) is 57.2 Å². The highest BCUT2D eigenvalue weighted by atomic mass is 15.2. The highest BCUT2D eigenvalue weighted by molar-refractivity contribution is 6.10. The lowest BCUT2D eigenvalue weighted by atomic mass is 9.94. The molecule has 2 saturated carbocycles. The normalized spacial score (nSPS) is 22.2. The van der Waals surface area contributed by atoms with Crippen molar-refractivity contribution in [1.29, 1.82) is 0 Å². The topological polar surface area (TPSA) is 70.6 Å². The molecule has 2 aliphatic carbocycles. The summed E-state index contributed by atoms with van der Waals surface area (Å²) in [5.41, 5.74) is 12.3. The first-order valence-electron chi connectivity index (χ1n) is 10.9. The predicted molar refractivity (Wildman–Crippen MR) is 119 cm³/mol. The first-order valence-corrected chi connectivity index (χ1v) is 10.9. The Morgan fingerprint density at radius 1 is 1.14 bits per heavy atom. The summed E-state index contributed by atoms with van der Waals surface area (Å²) < 4.78 is 0. The van der Waals surface area contributed by atoms with E-state index in [1.165, 1.54) is 37.8 Å². The van der Waals surface area contributed by atoms with Gasteiger partial charge in [-0.25, -0.2) is 4.98 Å². The molecule has 0 amide bonds. The van der Waals surface area contributed by atoms with Crippen molar-refractivity contribution in [2.24, 2.45) is 16.6 Å². The molecule has 1 aromatic carbocycles. The molecular formula is C23H30N6. The number of nitrogens with zero attached hydrogens (tertiary/aromatic N) is 5. The summed E-state index contributed by atoms with van der Waals surface area (Å²) in [4.78, 5) is 19.4. The summed E-state index contributed by atoms with van der Waals surface area (Å²) in [6.45, 7) is 4.19. The second-order valence-corrected chi connectivity index (χ2v) is 8.70. The van der Waals surface area contributed by atoms with Crippen LogP contribution in [0.25, 0.3) is 16.6 Å². The van der Waals surface area contributed by atoms with Crippen LogP contribution in [0.5, 0.6) is 0 Å². The fourth-order valence-electron chi connectivity index (χ4n) is 4.08. The Bertz CT molecular complexity index is 949. The number of rotatable bonds is 5. The van der Waals surface area contributed by atoms with Crippen molar-refractivity contribution in [1.82, 2.24) is 14.9 Å². The molecular weight excluding hydrogens is 360 g/mol. The van der Waals surface area contributed by atoms with Gasteiger partial charge in [0.2, 0.25) is 0 Å². The number of anilines is 1. The van der Waals surface area contributed by atoms with E-state index in [1.54, 1.807) is 0 Å². The highest BCUT2D eigenvalue weighted by Gasteiger charge is 2.27. The molecule has 0 spiro atoms. The van der Waals surface area contributed by atoms with Crippen LogP contribution in [0.1, 0.15) is 37.8 Å². The molecule has 0 radical (unpaired) electrons. The van der Waals surface area contributed by atoms with Gasteiger partial charge >= 0.3 is 0 Å². The summed E-state index contributed by atoms with van der Waals surface area (Å²) in [5.74, 6) is 0.479. The van der Waals surface area contributed by atoms with Crippen molar-refractivity contribution in [2.45, 2.75) is 38.1 Å². The second kappa shape index (κ2) is 7.75. The van der Waals surface area contributed by atoms with Crippen LogP contribution in [0, 0.1) is 5.92 Å². The SMILES string of the molecule is CN1CCN(c2cccc3nc(C(C=NC4CCC4)=C(N)C4CC4)cnc23)CC1. The van der Waals surface area contributed by atoms with Crippen molar-refractivity contribution in [2.75, 3.05) is 38.1 Å². The molecule has 0 atom stereocenters. The zero-order chi connectivity index (χ0) is 19.8. The van der Waals surface area contributed by atoms with E-state index in [9.17, 15) is 0 Å². The molecule has 1 aromatic heterocycles. The van der Waals surface area contributed by atoms with E-state index in [-0.39, 0.29) is 0 Å². The largest absolute Gasteiger partial charge is 0.401 e. The summed E-state index contributed by atoms with van der Waals surface area (Å²) in [6, 6.07) is 6.76. The monoisotopic (exact) mass is 390 g/mol. The Morgan fingerprint density at radius 3 is 2.62 bits per heavy atom. The lowest BCUT2D eigenvalue weighted by Gasteiger charge is -2.34. The number of aromatic nitrogens is 2. The summed E-state index contributed by atoms with van der Waals surface area (Å²) in [5, 5.41) is 0. The average molecular weight is 391 g/mol. The number of allylic oxidation sites excluding steroid dienone is 2. The van der Waals surface area contributed by atoms with Gasteiger partial charge in [-0.2, -0.15) is 0 Å². The molecule has 3 fully saturated rings. The third-order valence-corrected chi connectivity index (χ3v) is 6.49. The number of benzene rings is 1. The van der Waals surface area contributed by atoms with Gasteiger partial charge in [0.15, 0.2) is 0 Å². The number of hydrogen-bond acceptors (Lipinski definition) is 6. The zero-order valence-electron chi connectivity index (χ0n) is 17.2. The Balaban J connectivity index is 1.49. The summed E-state index contributed by atoms with van der Waals surface area (Å²) >= 11 is 0. The minimum atomic E-state index is 0.453. The first kappa shape index (κ1) is 18.6. The van der Waals surface area contributed by atoms with Crippen molar-refractivity contribution < 1.29 is 0 Å². The predicted octanol–water partition coefficient (Wildman–Crippen LogP) is 3.08. The van der Waals surface area contributed by atoms with Gasteiger partial charge in [-0.3, -0.25) is 9.98 Å².